The summed E-state index contributed by atoms with van der Waals surface area (Å²) in [5, 5.41) is -0.438. The predicted molar refractivity (Wildman–Crippen MR) is 78.0 cm³/mol. The first kappa shape index (κ1) is 16.0. The minimum atomic E-state index is -2.08. The van der Waals surface area contributed by atoms with Crippen LogP contribution < -0.4 is 0 Å². The minimum absolute atomic E-state index is 0.331. The summed E-state index contributed by atoms with van der Waals surface area (Å²) < 4.78 is 21.1. The van der Waals surface area contributed by atoms with E-state index >= 15 is 0 Å². The van der Waals surface area contributed by atoms with Crippen molar-refractivity contribution in [3.8, 4) is 0 Å². The number of carbonyl (C=O) groups is 1. The molecule has 0 saturated carbocycles. The van der Waals surface area contributed by atoms with Crippen LogP contribution in [0.3, 0.4) is 0 Å². The fourth-order valence-corrected chi connectivity index (χ4v) is 2.28. The molecule has 0 aliphatic carbocycles. The summed E-state index contributed by atoms with van der Waals surface area (Å²) in [5.74, 6) is 0. The van der Waals surface area contributed by atoms with Gasteiger partial charge in [0.1, 0.15) is 0 Å². The molecule has 6 heteroatoms. The molecule has 0 aliphatic heterocycles. The van der Waals surface area contributed by atoms with Crippen LogP contribution in [-0.2, 0) is 11.1 Å². The zero-order valence-electron chi connectivity index (χ0n) is 9.59. The minimum Gasteiger partial charge on any atom is -0.768 e. The number of benzene rings is 2. The Hall–Kier alpha value is -1.01. The van der Waals surface area contributed by atoms with Gasteiger partial charge in [-0.05, 0) is 46.9 Å². The lowest BCUT2D eigenvalue weighted by Gasteiger charge is -2.01. The Morgan fingerprint density at radius 3 is 1.95 bits per heavy atom. The fraction of sp³-hybridized carbons (Fsp3) is 0. The van der Waals surface area contributed by atoms with Gasteiger partial charge >= 0.3 is 0 Å². The van der Waals surface area contributed by atoms with Gasteiger partial charge in [0.15, 0.2) is 0 Å². The van der Waals surface area contributed by atoms with Gasteiger partial charge < -0.3 is 4.55 Å². The second kappa shape index (κ2) is 8.22. The lowest BCUT2D eigenvalue weighted by atomic mass is 10.2. The van der Waals surface area contributed by atoms with Crippen molar-refractivity contribution in [1.29, 1.82) is 0 Å². The first-order valence-electron chi connectivity index (χ1n) is 5.11. The molecule has 2 aromatic carbocycles. The summed E-state index contributed by atoms with van der Waals surface area (Å²) in [5.41, 5.74) is 0.504. The van der Waals surface area contributed by atoms with Crippen molar-refractivity contribution < 1.29 is 13.6 Å². The Morgan fingerprint density at radius 2 is 1.58 bits per heavy atom. The number of hydrogen-bond donors (Lipinski definition) is 0. The highest BCUT2D eigenvalue weighted by atomic mass is 79.9. The third-order valence-corrected chi connectivity index (χ3v) is 3.57. The third kappa shape index (κ3) is 5.65. The van der Waals surface area contributed by atoms with E-state index in [2.05, 4.69) is 15.9 Å². The number of hydrogen-bond acceptors (Lipinski definition) is 3. The summed E-state index contributed by atoms with van der Waals surface area (Å²) in [6.45, 7) is 0. The summed E-state index contributed by atoms with van der Waals surface area (Å²) >= 11 is 6.35. The molecule has 0 bridgehead atoms. The van der Waals surface area contributed by atoms with Gasteiger partial charge in [0.2, 0.25) is 0 Å². The molecule has 0 spiro atoms. The molecule has 0 aliphatic rings. The van der Waals surface area contributed by atoms with Crippen LogP contribution in [0.25, 0.3) is 0 Å². The molecule has 0 fully saturated rings. The monoisotopic (exact) mass is 359 g/mol. The van der Waals surface area contributed by atoms with Gasteiger partial charge in [0.25, 0.3) is 5.24 Å². The number of halogens is 2. The van der Waals surface area contributed by atoms with E-state index in [1.807, 2.05) is 6.07 Å². The Bertz CT molecular complexity index is 575. The van der Waals surface area contributed by atoms with Crippen molar-refractivity contribution >= 4 is 43.9 Å². The molecule has 0 saturated heterocycles. The zero-order chi connectivity index (χ0) is 14.3. The topological polar surface area (TPSA) is 57.2 Å². The average molecular weight is 361 g/mol. The van der Waals surface area contributed by atoms with E-state index in [9.17, 15) is 13.6 Å². The second-order valence-electron chi connectivity index (χ2n) is 3.30. The van der Waals surface area contributed by atoms with Crippen LogP contribution in [-0.4, -0.2) is 14.0 Å². The molecular weight excluding hydrogens is 352 g/mol. The van der Waals surface area contributed by atoms with Crippen LogP contribution in [0.2, 0.25) is 0 Å². The highest BCUT2D eigenvalue weighted by molar-refractivity contribution is 9.10. The third-order valence-electron chi connectivity index (χ3n) is 2.02. The summed E-state index contributed by atoms with van der Waals surface area (Å²) in [6, 6.07) is 15.3. The molecule has 0 amide bonds. The van der Waals surface area contributed by atoms with Gasteiger partial charge in [-0.1, -0.05) is 46.3 Å². The van der Waals surface area contributed by atoms with Gasteiger partial charge in [0, 0.05) is 14.9 Å². The Kier molecular flexibility index (Phi) is 6.94. The number of rotatable bonds is 2. The summed E-state index contributed by atoms with van der Waals surface area (Å²) in [6.07, 6.45) is 0. The van der Waals surface area contributed by atoms with Crippen molar-refractivity contribution in [3.63, 3.8) is 0 Å². The highest BCUT2D eigenvalue weighted by Crippen LogP contribution is 2.17. The smallest absolute Gasteiger partial charge is 0.253 e. The van der Waals surface area contributed by atoms with Crippen molar-refractivity contribution in [2.75, 3.05) is 0 Å². The summed E-state index contributed by atoms with van der Waals surface area (Å²) in [4.78, 5) is 10.9. The Morgan fingerprint density at radius 1 is 1.05 bits per heavy atom. The molecule has 2 rings (SSSR count). The second-order valence-corrected chi connectivity index (χ2v) is 5.44. The van der Waals surface area contributed by atoms with Crippen LogP contribution in [0, 0.1) is 0 Å². The quantitative estimate of drug-likeness (QED) is 0.605. The van der Waals surface area contributed by atoms with E-state index in [0.717, 1.165) is 4.47 Å². The van der Waals surface area contributed by atoms with E-state index in [-0.39, 0.29) is 0 Å². The molecule has 1 unspecified atom stereocenters. The maximum absolute atomic E-state index is 10.6. The molecule has 1 atom stereocenters. The zero-order valence-corrected chi connectivity index (χ0v) is 12.7. The predicted octanol–water partition coefficient (Wildman–Crippen LogP) is 3.75. The van der Waals surface area contributed by atoms with Crippen molar-refractivity contribution in [1.82, 2.24) is 0 Å². The van der Waals surface area contributed by atoms with Gasteiger partial charge in [0.05, 0.1) is 0 Å². The molecule has 19 heavy (non-hydrogen) atoms. The molecule has 3 nitrogen and oxygen atoms in total. The first-order valence-corrected chi connectivity index (χ1v) is 7.35. The van der Waals surface area contributed by atoms with E-state index in [1.54, 1.807) is 48.5 Å². The van der Waals surface area contributed by atoms with Crippen LogP contribution in [0.15, 0.2) is 64.0 Å². The average Bonchev–Trinajstić information content (AvgIpc) is 2.40. The molecule has 0 radical (unpaired) electrons. The highest BCUT2D eigenvalue weighted by Gasteiger charge is 2.03. The Balaban J connectivity index is 0.000000191. The van der Waals surface area contributed by atoms with E-state index < -0.39 is 16.3 Å². The molecule has 0 heterocycles. The van der Waals surface area contributed by atoms with E-state index in [4.69, 9.17) is 11.6 Å². The molecule has 100 valence electrons. The lowest BCUT2D eigenvalue weighted by Crippen LogP contribution is -1.88. The maximum Gasteiger partial charge on any atom is 0.253 e. The molecule has 2 aromatic rings. The Labute approximate surface area is 127 Å². The molecular formula is C13H9BrClO3S-. The van der Waals surface area contributed by atoms with Crippen molar-refractivity contribution in [3.05, 3.63) is 64.6 Å². The fourth-order valence-electron chi connectivity index (χ4n) is 1.15. The largest absolute Gasteiger partial charge is 0.768 e. The van der Waals surface area contributed by atoms with Crippen LogP contribution in [0.1, 0.15) is 10.4 Å². The molecule has 0 aromatic heterocycles. The van der Waals surface area contributed by atoms with Crippen LogP contribution in [0.4, 0.5) is 0 Å². The van der Waals surface area contributed by atoms with Crippen LogP contribution >= 0.6 is 27.5 Å². The number of carbonyl (C=O) groups excluding carboxylic acids is 1. The van der Waals surface area contributed by atoms with Gasteiger partial charge in [-0.3, -0.25) is 9.00 Å². The van der Waals surface area contributed by atoms with Gasteiger partial charge in [-0.2, -0.15) is 0 Å². The van der Waals surface area contributed by atoms with Crippen molar-refractivity contribution in [2.24, 2.45) is 0 Å². The van der Waals surface area contributed by atoms with Gasteiger partial charge in [-0.25, -0.2) is 0 Å². The van der Waals surface area contributed by atoms with Crippen LogP contribution in [0.5, 0.6) is 0 Å². The maximum atomic E-state index is 10.6. The molecule has 0 N–H and O–H groups in total. The van der Waals surface area contributed by atoms with Gasteiger partial charge in [-0.15, -0.1) is 0 Å². The van der Waals surface area contributed by atoms with Crippen molar-refractivity contribution in [2.45, 2.75) is 4.90 Å². The SMILES string of the molecule is O=C(Cl)c1ccccc1Br.O=S([O-])c1ccccc1. The normalized spacial score (nSPS) is 11.1. The standard InChI is InChI=1S/C7H4BrClO.C6H6O2S/c8-6-4-2-1-3-5(6)7(9)10;7-9(8)6-4-2-1-3-5-6/h1-4H;1-5H,(H,7,8)/p-1. The lowest BCUT2D eigenvalue weighted by molar-refractivity contribution is 0.108. The van der Waals surface area contributed by atoms with E-state index in [1.165, 1.54) is 0 Å². The summed E-state index contributed by atoms with van der Waals surface area (Å²) in [7, 11) is 0. The van der Waals surface area contributed by atoms with E-state index in [0.29, 0.717) is 10.5 Å². The first-order chi connectivity index (χ1) is 9.02.